The van der Waals surface area contributed by atoms with Crippen LogP contribution in [0.25, 0.3) is 5.69 Å². The Bertz CT molecular complexity index is 510. The van der Waals surface area contributed by atoms with E-state index in [-0.39, 0.29) is 0 Å². The van der Waals surface area contributed by atoms with Gasteiger partial charge in [-0.25, -0.2) is 4.68 Å². The van der Waals surface area contributed by atoms with Crippen molar-refractivity contribution in [3.8, 4) is 5.69 Å². The molecule has 5 nitrogen and oxygen atoms in total. The lowest BCUT2D eigenvalue weighted by molar-refractivity contribution is 0.199. The van der Waals surface area contributed by atoms with Crippen molar-refractivity contribution < 1.29 is 4.74 Å². The summed E-state index contributed by atoms with van der Waals surface area (Å²) in [5, 5.41) is 7.90. The van der Waals surface area contributed by atoms with Gasteiger partial charge in [0.05, 0.1) is 18.5 Å². The SMILES string of the molecule is CCCc1c(CNCCOC)cnn1-c1ccncc1. The number of aromatic nitrogens is 3. The first-order chi connectivity index (χ1) is 9.86. The van der Waals surface area contributed by atoms with Gasteiger partial charge in [-0.3, -0.25) is 4.98 Å². The van der Waals surface area contributed by atoms with Gasteiger partial charge in [-0.2, -0.15) is 5.10 Å². The van der Waals surface area contributed by atoms with E-state index in [1.54, 1.807) is 19.5 Å². The number of nitrogens with zero attached hydrogens (tertiary/aromatic N) is 3. The Morgan fingerprint density at radius 2 is 2.10 bits per heavy atom. The molecule has 2 heterocycles. The molecule has 0 aliphatic heterocycles. The summed E-state index contributed by atoms with van der Waals surface area (Å²) in [5.74, 6) is 0. The fraction of sp³-hybridized carbons (Fsp3) is 0.467. The van der Waals surface area contributed by atoms with Crippen LogP contribution in [0.2, 0.25) is 0 Å². The number of pyridine rings is 1. The monoisotopic (exact) mass is 274 g/mol. The minimum atomic E-state index is 0.724. The van der Waals surface area contributed by atoms with Gasteiger partial charge in [0.1, 0.15) is 0 Å². The maximum atomic E-state index is 5.04. The molecule has 0 bridgehead atoms. The van der Waals surface area contributed by atoms with Crippen LogP contribution in [0, 0.1) is 0 Å². The quantitative estimate of drug-likeness (QED) is 0.748. The smallest absolute Gasteiger partial charge is 0.0679 e. The minimum absolute atomic E-state index is 0.724. The molecule has 108 valence electrons. The number of hydrogen-bond acceptors (Lipinski definition) is 4. The number of hydrogen-bond donors (Lipinski definition) is 1. The van der Waals surface area contributed by atoms with Crippen LogP contribution in [0.5, 0.6) is 0 Å². The van der Waals surface area contributed by atoms with Crippen molar-refractivity contribution in [3.63, 3.8) is 0 Å². The molecule has 0 aliphatic carbocycles. The van der Waals surface area contributed by atoms with E-state index in [1.165, 1.54) is 11.3 Å². The zero-order chi connectivity index (χ0) is 14.2. The van der Waals surface area contributed by atoms with Gasteiger partial charge >= 0.3 is 0 Å². The van der Waals surface area contributed by atoms with Crippen molar-refractivity contribution in [2.45, 2.75) is 26.3 Å². The maximum Gasteiger partial charge on any atom is 0.0679 e. The lowest BCUT2D eigenvalue weighted by Gasteiger charge is -2.09. The van der Waals surface area contributed by atoms with E-state index in [0.717, 1.165) is 38.2 Å². The normalized spacial score (nSPS) is 10.9. The summed E-state index contributed by atoms with van der Waals surface area (Å²) in [6, 6.07) is 3.96. The van der Waals surface area contributed by atoms with Crippen LogP contribution in [0.4, 0.5) is 0 Å². The highest BCUT2D eigenvalue weighted by molar-refractivity contribution is 5.33. The molecular weight excluding hydrogens is 252 g/mol. The Kier molecular flexibility index (Phi) is 5.70. The number of rotatable bonds is 8. The van der Waals surface area contributed by atoms with E-state index in [9.17, 15) is 0 Å². The largest absolute Gasteiger partial charge is 0.383 e. The van der Waals surface area contributed by atoms with Crippen LogP contribution in [0.3, 0.4) is 0 Å². The highest BCUT2D eigenvalue weighted by Gasteiger charge is 2.11. The Hall–Kier alpha value is -1.72. The summed E-state index contributed by atoms with van der Waals surface area (Å²) in [6.45, 7) is 4.58. The van der Waals surface area contributed by atoms with Crippen LogP contribution >= 0.6 is 0 Å². The van der Waals surface area contributed by atoms with E-state index >= 15 is 0 Å². The molecule has 0 atom stereocenters. The summed E-state index contributed by atoms with van der Waals surface area (Å²) in [4.78, 5) is 4.06. The van der Waals surface area contributed by atoms with Gasteiger partial charge in [-0.15, -0.1) is 0 Å². The zero-order valence-electron chi connectivity index (χ0n) is 12.2. The summed E-state index contributed by atoms with van der Waals surface area (Å²) < 4.78 is 7.05. The molecule has 2 rings (SSSR count). The first-order valence-electron chi connectivity index (χ1n) is 7.02. The molecule has 0 unspecified atom stereocenters. The highest BCUT2D eigenvalue weighted by Crippen LogP contribution is 2.16. The van der Waals surface area contributed by atoms with Gasteiger partial charge in [-0.05, 0) is 18.6 Å². The Labute approximate surface area is 120 Å². The molecule has 0 radical (unpaired) electrons. The van der Waals surface area contributed by atoms with Crippen LogP contribution < -0.4 is 5.32 Å². The van der Waals surface area contributed by atoms with Gasteiger partial charge in [0.2, 0.25) is 0 Å². The van der Waals surface area contributed by atoms with Crippen molar-refractivity contribution in [2.75, 3.05) is 20.3 Å². The van der Waals surface area contributed by atoms with E-state index in [1.807, 2.05) is 23.0 Å². The third-order valence-electron chi connectivity index (χ3n) is 3.15. The Balaban J connectivity index is 2.15. The summed E-state index contributed by atoms with van der Waals surface area (Å²) in [5.41, 5.74) is 3.58. The summed E-state index contributed by atoms with van der Waals surface area (Å²) in [7, 11) is 1.71. The van der Waals surface area contributed by atoms with Crippen LogP contribution in [-0.4, -0.2) is 35.0 Å². The van der Waals surface area contributed by atoms with Crippen LogP contribution in [0.15, 0.2) is 30.7 Å². The van der Waals surface area contributed by atoms with Crippen molar-refractivity contribution in [2.24, 2.45) is 0 Å². The van der Waals surface area contributed by atoms with Gasteiger partial charge < -0.3 is 10.1 Å². The molecule has 20 heavy (non-hydrogen) atoms. The summed E-state index contributed by atoms with van der Waals surface area (Å²) in [6.07, 6.45) is 7.66. The summed E-state index contributed by atoms with van der Waals surface area (Å²) >= 11 is 0. The molecule has 0 spiro atoms. The minimum Gasteiger partial charge on any atom is -0.383 e. The van der Waals surface area contributed by atoms with Crippen molar-refractivity contribution in [1.82, 2.24) is 20.1 Å². The second-order valence-electron chi connectivity index (χ2n) is 4.65. The van der Waals surface area contributed by atoms with Gasteiger partial charge in [0, 0.05) is 43.9 Å². The fourth-order valence-corrected chi connectivity index (χ4v) is 2.16. The average molecular weight is 274 g/mol. The molecule has 2 aromatic heterocycles. The molecule has 0 saturated carbocycles. The predicted molar refractivity (Wildman–Crippen MR) is 78.9 cm³/mol. The van der Waals surface area contributed by atoms with Gasteiger partial charge in [-0.1, -0.05) is 13.3 Å². The average Bonchev–Trinajstić information content (AvgIpc) is 2.88. The molecule has 5 heteroatoms. The highest BCUT2D eigenvalue weighted by atomic mass is 16.5. The second kappa shape index (κ2) is 7.77. The van der Waals surface area contributed by atoms with E-state index < -0.39 is 0 Å². The first kappa shape index (κ1) is 14.7. The first-order valence-corrected chi connectivity index (χ1v) is 7.02. The Morgan fingerprint density at radius 1 is 1.30 bits per heavy atom. The van der Waals surface area contributed by atoms with Crippen molar-refractivity contribution in [1.29, 1.82) is 0 Å². The molecule has 0 fully saturated rings. The number of methoxy groups -OCH3 is 1. The number of nitrogens with one attached hydrogen (secondary N) is 1. The maximum absolute atomic E-state index is 5.04. The predicted octanol–water partition coefficient (Wildman–Crippen LogP) is 1.96. The van der Waals surface area contributed by atoms with Crippen molar-refractivity contribution in [3.05, 3.63) is 42.0 Å². The Morgan fingerprint density at radius 3 is 2.80 bits per heavy atom. The molecule has 1 N–H and O–H groups in total. The van der Waals surface area contributed by atoms with Crippen molar-refractivity contribution >= 4 is 0 Å². The number of ether oxygens (including phenoxy) is 1. The van der Waals surface area contributed by atoms with Crippen LogP contribution in [-0.2, 0) is 17.7 Å². The topological polar surface area (TPSA) is 52.0 Å². The molecule has 0 amide bonds. The van der Waals surface area contributed by atoms with E-state index in [0.29, 0.717) is 0 Å². The fourth-order valence-electron chi connectivity index (χ4n) is 2.16. The molecular formula is C15H22N4O. The zero-order valence-corrected chi connectivity index (χ0v) is 12.2. The van der Waals surface area contributed by atoms with E-state index in [4.69, 9.17) is 4.74 Å². The molecule has 0 aromatic carbocycles. The third kappa shape index (κ3) is 3.65. The third-order valence-corrected chi connectivity index (χ3v) is 3.15. The van der Waals surface area contributed by atoms with Crippen LogP contribution in [0.1, 0.15) is 24.6 Å². The standard InChI is InChI=1S/C15H22N4O/c1-3-4-15-13(11-17-9-10-20-2)12-18-19(15)14-5-7-16-8-6-14/h5-8,12,17H,3-4,9-11H2,1-2H3. The van der Waals surface area contributed by atoms with Gasteiger partial charge in [0.15, 0.2) is 0 Å². The molecule has 0 saturated heterocycles. The molecule has 2 aromatic rings. The van der Waals surface area contributed by atoms with Gasteiger partial charge in [0.25, 0.3) is 0 Å². The molecule has 0 aliphatic rings. The lowest BCUT2D eigenvalue weighted by Crippen LogP contribution is -2.19. The lowest BCUT2D eigenvalue weighted by atomic mass is 10.1. The second-order valence-corrected chi connectivity index (χ2v) is 4.65. The van der Waals surface area contributed by atoms with E-state index in [2.05, 4.69) is 22.3 Å².